The van der Waals surface area contributed by atoms with Crippen molar-refractivity contribution in [2.75, 3.05) is 39.5 Å². The predicted molar refractivity (Wildman–Crippen MR) is 364 cm³/mol. The molecule has 548 valence electrons. The molecule has 3 aromatic heterocycles. The van der Waals surface area contributed by atoms with Gasteiger partial charge in [-0.1, -0.05) is 77.9 Å². The molecule has 3 aromatic carbocycles. The molecule has 0 saturated carbocycles. The van der Waals surface area contributed by atoms with Gasteiger partial charge in [0.1, 0.15) is 74.0 Å². The van der Waals surface area contributed by atoms with Crippen LogP contribution in [0.4, 0.5) is 0 Å². The quantitative estimate of drug-likeness (QED) is 0.0241. The number of carbonyl (C=O) groups is 9. The Labute approximate surface area is 599 Å². The Morgan fingerprint density at radius 1 is 0.471 bits per heavy atom. The number of carbonyl (C=O) groups excluding carboxylic acids is 9. The SMILES string of the molecule is CC(C)[C@@H](C(=O)N1CC(O[P+](O)(OC2CC(C(=O)N[C@@H](C)c3ccc(C#N)cc3)N(C(=O)[C@@H](c3cc(OCC=O)no3)C(C)C)C2)OC2CC(C(=O)N[C@@H](C)c3ccc(C#N)cc3)N(C(=O)[C@@H](c3cc(OCC=O)no3)C(C)C)C2)CC1C(=O)N[C@@H](C)c1ccc(C#N)cc1)c1cc(OCC=O)no1. The van der Waals surface area contributed by atoms with Crippen molar-refractivity contribution in [3.63, 3.8) is 0 Å². The highest BCUT2D eigenvalue weighted by Crippen LogP contribution is 2.63. The van der Waals surface area contributed by atoms with Gasteiger partial charge in [-0.3, -0.25) is 43.2 Å². The summed E-state index contributed by atoms with van der Waals surface area (Å²) in [5.41, 5.74) is 2.93. The second kappa shape index (κ2) is 35.0. The van der Waals surface area contributed by atoms with Gasteiger partial charge in [0.2, 0.25) is 35.4 Å². The average Bonchev–Trinajstić information content (AvgIpc) is 1.63. The van der Waals surface area contributed by atoms with Crippen LogP contribution in [-0.4, -0.2) is 165 Å². The molecule has 6 aromatic rings. The van der Waals surface area contributed by atoms with Crippen molar-refractivity contribution in [1.82, 2.24) is 46.1 Å². The van der Waals surface area contributed by atoms with Crippen molar-refractivity contribution >= 4 is 62.5 Å². The van der Waals surface area contributed by atoms with E-state index in [1.54, 1.807) is 135 Å². The molecule has 0 radical (unpaired) electrons. The number of rotatable bonds is 33. The third-order valence-corrected chi connectivity index (χ3v) is 19.9. The van der Waals surface area contributed by atoms with Gasteiger partial charge in [0.05, 0.1) is 72.7 Å². The predicted octanol–water partition coefficient (Wildman–Crippen LogP) is 6.88. The van der Waals surface area contributed by atoms with E-state index < -0.39 is 153 Å². The van der Waals surface area contributed by atoms with Crippen molar-refractivity contribution in [3.05, 3.63) is 142 Å². The number of aldehydes is 3. The molecule has 3 saturated heterocycles. The number of nitrogens with zero attached hydrogens (tertiary/aromatic N) is 9. The number of nitriles is 3. The van der Waals surface area contributed by atoms with E-state index in [-0.39, 0.29) is 74.0 Å². The second-order valence-electron chi connectivity index (χ2n) is 26.6. The Kier molecular flexibility index (Phi) is 26.0. The highest BCUT2D eigenvalue weighted by Gasteiger charge is 2.60. The van der Waals surface area contributed by atoms with Gasteiger partial charge in [-0.15, -0.1) is 13.6 Å². The zero-order chi connectivity index (χ0) is 75.1. The van der Waals surface area contributed by atoms with Gasteiger partial charge >= 0.3 is 8.17 Å². The Morgan fingerprint density at radius 2 is 0.721 bits per heavy atom. The first-order valence-electron chi connectivity index (χ1n) is 33.9. The molecule has 0 spiro atoms. The fourth-order valence-corrected chi connectivity index (χ4v) is 14.8. The van der Waals surface area contributed by atoms with Crippen molar-refractivity contribution in [1.29, 1.82) is 15.8 Å². The van der Waals surface area contributed by atoms with Crippen LogP contribution in [0.3, 0.4) is 0 Å². The first-order chi connectivity index (χ1) is 49.8. The van der Waals surface area contributed by atoms with Gasteiger partial charge < -0.3 is 58.4 Å². The van der Waals surface area contributed by atoms with Crippen LogP contribution in [0.15, 0.2) is 105 Å². The van der Waals surface area contributed by atoms with E-state index in [1.165, 1.54) is 32.9 Å². The summed E-state index contributed by atoms with van der Waals surface area (Å²) < 4.78 is 53.5. The van der Waals surface area contributed by atoms with Gasteiger partial charge in [0.15, 0.2) is 36.1 Å². The number of ether oxygens (including phenoxy) is 3. The Bertz CT molecular complexity index is 3740. The molecule has 9 rings (SSSR count). The fraction of sp³-hybridized carbons (Fsp3) is 0.458. The summed E-state index contributed by atoms with van der Waals surface area (Å²) in [6.45, 7) is 13.0. The molecular weight excluding hydrogens is 1370 g/mol. The zero-order valence-corrected chi connectivity index (χ0v) is 59.6. The van der Waals surface area contributed by atoms with Gasteiger partial charge in [-0.25, -0.2) is 0 Å². The standard InChI is InChI=1S/C72H81N12O19P/c1-40(2)64(58-31-61(79-98-58)95-25-22-85)70(91)82-37-52(28-55(82)67(88)76-43(7)49-16-10-46(34-73)11-17-49)101-104(94,102-53-29-56(68(89)77-44(8)50-18-12-47(35-74)13-19-50)83(38-53)71(92)65(41(3)4)59-32-62(80-99-59)96-26-23-86)103-54-30-57(69(90)78-45(9)51-20-14-48(36-75)15-21-51)84(39-54)72(93)66(42(5)6)60-33-63(81-100-60)97-27-24-87/h10-24,31-33,40-45,52-57,64-66,94H,25-30,37-39H2,1-9H3,(H2-,76,77,78,88,89,90)/p+1/t43-,44-,45-,52?,53?,54?,55?,56?,57?,64+,65+,66+,104?/m0/s1. The zero-order valence-electron chi connectivity index (χ0n) is 58.7. The average molecular weight is 1450 g/mol. The minimum Gasteiger partial charge on any atom is -0.468 e. The third kappa shape index (κ3) is 18.7. The maximum Gasteiger partial charge on any atom is 0.573 e. The van der Waals surface area contributed by atoms with Gasteiger partial charge in [0, 0.05) is 37.5 Å². The smallest absolute Gasteiger partial charge is 0.468 e. The highest BCUT2D eigenvalue weighted by atomic mass is 31.2. The summed E-state index contributed by atoms with van der Waals surface area (Å²) in [6, 6.07) is 23.5. The molecule has 3 fully saturated rings. The summed E-state index contributed by atoms with van der Waals surface area (Å²) in [7, 11) is -5.14. The van der Waals surface area contributed by atoms with Crippen LogP contribution >= 0.6 is 8.17 Å². The number of aromatic nitrogens is 3. The normalized spacial score (nSPS) is 20.2. The molecule has 6 amide bonds. The monoisotopic (exact) mass is 1450 g/mol. The molecule has 32 heteroatoms. The number of likely N-dealkylation sites (tertiary alicyclic amines) is 3. The van der Waals surface area contributed by atoms with E-state index in [0.717, 1.165) is 0 Å². The lowest BCUT2D eigenvalue weighted by molar-refractivity contribution is -0.141. The van der Waals surface area contributed by atoms with E-state index in [1.807, 2.05) is 0 Å². The summed E-state index contributed by atoms with van der Waals surface area (Å²) in [4.78, 5) is 143. The molecule has 3 aliphatic rings. The van der Waals surface area contributed by atoms with E-state index in [0.29, 0.717) is 52.2 Å². The molecule has 0 bridgehead atoms. The maximum absolute atomic E-state index is 15.4. The Hall–Kier alpha value is -10.7. The van der Waals surface area contributed by atoms with Crippen LogP contribution in [0.1, 0.15) is 168 Å². The lowest BCUT2D eigenvalue weighted by atomic mass is 9.91. The molecule has 3 aliphatic heterocycles. The van der Waals surface area contributed by atoms with Crippen LogP contribution in [0.2, 0.25) is 0 Å². The Morgan fingerprint density at radius 3 is 0.942 bits per heavy atom. The van der Waals surface area contributed by atoms with Crippen molar-refractivity contribution in [2.24, 2.45) is 17.8 Å². The van der Waals surface area contributed by atoms with Gasteiger partial charge in [-0.05, 0) is 107 Å². The number of benzene rings is 3. The molecule has 104 heavy (non-hydrogen) atoms. The van der Waals surface area contributed by atoms with Gasteiger partial charge in [0.25, 0.3) is 17.6 Å². The molecule has 6 heterocycles. The minimum atomic E-state index is -5.14. The molecule has 6 unspecified atom stereocenters. The third-order valence-electron chi connectivity index (χ3n) is 18.2. The van der Waals surface area contributed by atoms with Crippen LogP contribution in [-0.2, 0) is 56.7 Å². The van der Waals surface area contributed by atoms with Gasteiger partial charge in [-0.2, -0.15) is 20.7 Å². The largest absolute Gasteiger partial charge is 0.573 e. The molecular formula is C72H82N12O19P+. The Balaban J connectivity index is 1.12. The summed E-state index contributed by atoms with van der Waals surface area (Å²) >= 11 is 0. The minimum absolute atomic E-state index is 0.0240. The van der Waals surface area contributed by atoms with Crippen molar-refractivity contribution in [3.8, 4) is 35.8 Å². The van der Waals surface area contributed by atoms with Crippen molar-refractivity contribution < 1.29 is 89.4 Å². The summed E-state index contributed by atoms with van der Waals surface area (Å²) in [5, 5.41) is 49.3. The molecule has 0 aliphatic carbocycles. The van der Waals surface area contributed by atoms with E-state index in [9.17, 15) is 35.1 Å². The lowest BCUT2D eigenvalue weighted by Crippen LogP contribution is -2.48. The number of amides is 6. The maximum atomic E-state index is 15.4. The van der Waals surface area contributed by atoms with E-state index in [4.69, 9.17) is 41.4 Å². The first-order valence-corrected chi connectivity index (χ1v) is 35.4. The molecule has 12 atom stereocenters. The molecule has 4 N–H and O–H groups in total. The summed E-state index contributed by atoms with van der Waals surface area (Å²) in [5.74, 6) is -9.31. The molecule has 31 nitrogen and oxygen atoms in total. The van der Waals surface area contributed by atoms with Crippen LogP contribution in [0, 0.1) is 51.7 Å². The first kappa shape index (κ1) is 77.4. The van der Waals surface area contributed by atoms with E-state index in [2.05, 4.69) is 49.6 Å². The topological polar surface area (TPSA) is 425 Å². The lowest BCUT2D eigenvalue weighted by Gasteiger charge is -2.29. The van der Waals surface area contributed by atoms with Crippen molar-refractivity contribution in [2.45, 2.75) is 154 Å². The van der Waals surface area contributed by atoms with E-state index >= 15 is 28.8 Å². The number of hydrogen-bond acceptors (Lipinski definition) is 25. The highest BCUT2D eigenvalue weighted by molar-refractivity contribution is 7.55. The summed E-state index contributed by atoms with van der Waals surface area (Å²) in [6.07, 6.45) is -3.64. The second-order valence-corrected chi connectivity index (χ2v) is 28.1. The van der Waals surface area contributed by atoms with Crippen LogP contribution < -0.4 is 30.2 Å². The number of hydrogen-bond donors (Lipinski definition) is 4. The fourth-order valence-electron chi connectivity index (χ4n) is 13.0. The number of nitrogens with one attached hydrogen (secondary N) is 3. The van der Waals surface area contributed by atoms with Crippen LogP contribution in [0.25, 0.3) is 0 Å². The van der Waals surface area contributed by atoms with Crippen LogP contribution in [0.5, 0.6) is 17.6 Å².